The molecule has 1 aromatic heterocycles. The van der Waals surface area contributed by atoms with Gasteiger partial charge in [-0.05, 0) is 10.0 Å². The maximum Gasteiger partial charge on any atom is 1.00 e. The number of pyridine rings is 1. The van der Waals surface area contributed by atoms with Gasteiger partial charge in [0.1, 0.15) is 0 Å². The third-order valence-corrected chi connectivity index (χ3v) is 3.55. The molecule has 1 heterocycles. The maximum absolute atomic E-state index is 5.68. The third kappa shape index (κ3) is 2.95. The van der Waals surface area contributed by atoms with E-state index in [0.717, 1.165) is 0 Å². The summed E-state index contributed by atoms with van der Waals surface area (Å²) in [5, 5.41) is 1.01. The Balaban J connectivity index is 0.000001000. The number of rotatable bonds is 0. The van der Waals surface area contributed by atoms with Crippen LogP contribution in [0.15, 0.2) is 0 Å². The average Bonchev–Trinajstić information content (AvgIpc) is 1.93. The molecule has 0 spiro atoms. The Morgan fingerprint density at radius 2 is 1.82 bits per heavy atom. The second-order valence-electron chi connectivity index (χ2n) is 1.46. The van der Waals surface area contributed by atoms with Crippen molar-refractivity contribution in [2.45, 2.75) is 0 Å². The van der Waals surface area contributed by atoms with Gasteiger partial charge < -0.3 is 4.98 Å². The van der Waals surface area contributed by atoms with Crippen LogP contribution in [0.3, 0.4) is 0 Å². The van der Waals surface area contributed by atoms with Crippen molar-refractivity contribution in [1.82, 2.24) is 4.98 Å². The molecule has 0 atom stereocenters. The van der Waals surface area contributed by atoms with Crippen molar-refractivity contribution >= 4 is 57.4 Å². The minimum atomic E-state index is 0. The second-order valence-corrected chi connectivity index (χ2v) is 3.65. The largest absolute Gasteiger partial charge is 1.00 e. The standard InChI is InChI=1S/C5Cl3IN.Li/c6-2-1-10-5(8)3(7)4(2)9;/q-1;+1. The molecule has 0 aliphatic carbocycles. The molecule has 0 saturated carbocycles. The van der Waals surface area contributed by atoms with Crippen LogP contribution in [0.25, 0.3) is 0 Å². The topological polar surface area (TPSA) is 12.9 Å². The van der Waals surface area contributed by atoms with Crippen molar-refractivity contribution < 1.29 is 18.9 Å². The summed E-state index contributed by atoms with van der Waals surface area (Å²) in [4.78, 5) is 3.61. The molecule has 0 bridgehead atoms. The van der Waals surface area contributed by atoms with Gasteiger partial charge in [-0.25, -0.2) is 0 Å². The Kier molecular flexibility index (Phi) is 5.79. The molecular formula is C5Cl3ILiN. The maximum atomic E-state index is 5.68. The van der Waals surface area contributed by atoms with Gasteiger partial charge in [0.15, 0.2) is 0 Å². The van der Waals surface area contributed by atoms with Gasteiger partial charge in [-0.2, -0.15) is 0 Å². The fraction of sp³-hybridized carbons (Fsp3) is 0. The molecule has 1 rings (SSSR count). The van der Waals surface area contributed by atoms with Gasteiger partial charge in [-0.1, -0.05) is 9.77 Å². The van der Waals surface area contributed by atoms with E-state index in [2.05, 4.69) is 11.2 Å². The van der Waals surface area contributed by atoms with E-state index in [4.69, 9.17) is 34.8 Å². The fourth-order valence-electron chi connectivity index (χ4n) is 0.383. The van der Waals surface area contributed by atoms with Crippen molar-refractivity contribution in [3.63, 3.8) is 0 Å². The summed E-state index contributed by atoms with van der Waals surface area (Å²) in [5.41, 5.74) is 0. The average molecular weight is 314 g/mol. The van der Waals surface area contributed by atoms with Crippen LogP contribution in [-0.4, -0.2) is 4.98 Å². The fourth-order valence-corrected chi connectivity index (χ4v) is 1.38. The van der Waals surface area contributed by atoms with Crippen LogP contribution >= 0.6 is 57.4 Å². The van der Waals surface area contributed by atoms with Crippen molar-refractivity contribution in [1.29, 1.82) is 0 Å². The number of nitrogens with zero attached hydrogens (tertiary/aromatic N) is 1. The minimum absolute atomic E-state index is 0. The Hall–Kier alpha value is 1.35. The zero-order chi connectivity index (χ0) is 7.72. The minimum Gasteiger partial charge on any atom is -0.373 e. The SMILES string of the molecule is Clc1[c-]nc(Cl)c(Cl)c1I.[Li+]. The third-order valence-electron chi connectivity index (χ3n) is 0.819. The van der Waals surface area contributed by atoms with E-state index in [9.17, 15) is 0 Å². The number of halogens is 4. The summed E-state index contributed by atoms with van der Waals surface area (Å²) in [6, 6.07) is 0. The molecule has 1 nitrogen and oxygen atoms in total. The Bertz CT molecular complexity index is 241. The molecule has 0 aliphatic rings. The van der Waals surface area contributed by atoms with Gasteiger partial charge in [0.05, 0.1) is 0 Å². The van der Waals surface area contributed by atoms with Gasteiger partial charge in [0.25, 0.3) is 0 Å². The molecule has 0 fully saturated rings. The summed E-state index contributed by atoms with van der Waals surface area (Å²) >= 11 is 18.8. The molecule has 11 heavy (non-hydrogen) atoms. The summed E-state index contributed by atoms with van der Waals surface area (Å²) < 4.78 is 0.681. The molecule has 0 amide bonds. The summed E-state index contributed by atoms with van der Waals surface area (Å²) in [6.07, 6.45) is 2.50. The predicted molar refractivity (Wildman–Crippen MR) is 50.8 cm³/mol. The van der Waals surface area contributed by atoms with E-state index < -0.39 is 0 Å². The molecule has 6 heteroatoms. The first-order chi connectivity index (χ1) is 4.63. The van der Waals surface area contributed by atoms with Gasteiger partial charge in [0, 0.05) is 5.15 Å². The Morgan fingerprint density at radius 3 is 2.27 bits per heavy atom. The van der Waals surface area contributed by atoms with Crippen LogP contribution in [0.5, 0.6) is 0 Å². The van der Waals surface area contributed by atoms with E-state index in [0.29, 0.717) is 13.6 Å². The number of hydrogen-bond acceptors (Lipinski definition) is 1. The van der Waals surface area contributed by atoms with Crippen molar-refractivity contribution in [2.24, 2.45) is 0 Å². The second kappa shape index (κ2) is 5.16. The zero-order valence-electron chi connectivity index (χ0n) is 5.46. The molecule has 54 valence electrons. The van der Waals surface area contributed by atoms with Crippen LogP contribution in [0.1, 0.15) is 0 Å². The summed E-state index contributed by atoms with van der Waals surface area (Å²) in [7, 11) is 0. The van der Waals surface area contributed by atoms with E-state index in [1.807, 2.05) is 22.6 Å². The normalized spacial score (nSPS) is 9.09. The van der Waals surface area contributed by atoms with Crippen molar-refractivity contribution in [2.75, 3.05) is 0 Å². The first-order valence-corrected chi connectivity index (χ1v) is 4.42. The van der Waals surface area contributed by atoms with E-state index in [-0.39, 0.29) is 24.0 Å². The van der Waals surface area contributed by atoms with Crippen LogP contribution < -0.4 is 18.9 Å². The molecule has 1 aromatic rings. The molecule has 0 aliphatic heterocycles. The zero-order valence-corrected chi connectivity index (χ0v) is 9.88. The predicted octanol–water partition coefficient (Wildman–Crippen LogP) is 0.451. The van der Waals surface area contributed by atoms with E-state index in [1.54, 1.807) is 0 Å². The smallest absolute Gasteiger partial charge is 0.373 e. The van der Waals surface area contributed by atoms with Gasteiger partial charge in [-0.3, -0.25) is 0 Å². The molecule has 0 radical (unpaired) electrons. The number of hydrogen-bond donors (Lipinski definition) is 0. The van der Waals surface area contributed by atoms with Crippen LogP contribution in [0.2, 0.25) is 15.2 Å². The summed E-state index contributed by atoms with van der Waals surface area (Å²) in [6.45, 7) is 0. The first-order valence-electron chi connectivity index (χ1n) is 2.20. The molecule has 0 saturated heterocycles. The van der Waals surface area contributed by atoms with E-state index in [1.165, 1.54) is 0 Å². The van der Waals surface area contributed by atoms with E-state index >= 15 is 0 Å². The van der Waals surface area contributed by atoms with Crippen molar-refractivity contribution in [3.05, 3.63) is 25.0 Å². The summed E-state index contributed by atoms with van der Waals surface area (Å²) in [5.74, 6) is 0. The van der Waals surface area contributed by atoms with Gasteiger partial charge in [0.2, 0.25) is 0 Å². The van der Waals surface area contributed by atoms with Gasteiger partial charge >= 0.3 is 18.9 Å². The first kappa shape index (κ1) is 12.3. The number of aromatic nitrogens is 1. The Morgan fingerprint density at radius 1 is 1.27 bits per heavy atom. The molecule has 0 N–H and O–H groups in total. The Labute approximate surface area is 105 Å². The quantitative estimate of drug-likeness (QED) is 0.293. The van der Waals surface area contributed by atoms with Crippen LogP contribution in [0.4, 0.5) is 0 Å². The molecule has 0 aromatic carbocycles. The molecular weight excluding hydrogens is 314 g/mol. The van der Waals surface area contributed by atoms with Crippen LogP contribution in [0, 0.1) is 9.77 Å². The molecule has 0 unspecified atom stereocenters. The van der Waals surface area contributed by atoms with Crippen molar-refractivity contribution in [3.8, 4) is 0 Å². The monoisotopic (exact) mass is 313 g/mol. The van der Waals surface area contributed by atoms with Crippen LogP contribution in [-0.2, 0) is 0 Å². The van der Waals surface area contributed by atoms with Gasteiger partial charge in [-0.15, -0.1) is 57.4 Å².